The highest BCUT2D eigenvalue weighted by molar-refractivity contribution is 6.34. The molecule has 29 heavy (non-hydrogen) atoms. The van der Waals surface area contributed by atoms with E-state index in [1.54, 1.807) is 38.1 Å². The Morgan fingerprint density at radius 2 is 1.86 bits per heavy atom. The second-order valence-electron chi connectivity index (χ2n) is 7.06. The highest BCUT2D eigenvalue weighted by Crippen LogP contribution is 2.30. The van der Waals surface area contributed by atoms with Gasteiger partial charge in [-0.2, -0.15) is 0 Å². The molecule has 8 heteroatoms. The van der Waals surface area contributed by atoms with Gasteiger partial charge in [0.05, 0.1) is 23.4 Å². The Kier molecular flexibility index (Phi) is 6.17. The molecule has 1 aliphatic rings. The van der Waals surface area contributed by atoms with Crippen LogP contribution in [-0.2, 0) is 4.74 Å². The predicted molar refractivity (Wildman–Crippen MR) is 110 cm³/mol. The Balaban J connectivity index is 1.93. The van der Waals surface area contributed by atoms with Crippen LogP contribution in [0.25, 0.3) is 0 Å². The number of nitrogens with one attached hydrogen (secondary N) is 2. The molecule has 0 unspecified atom stereocenters. The molecule has 0 spiro atoms. The largest absolute Gasteiger partial charge is 0.465 e. The highest BCUT2D eigenvalue weighted by atomic mass is 35.5. The molecule has 1 fully saturated rings. The summed E-state index contributed by atoms with van der Waals surface area (Å²) in [6, 6.07) is 6.43. The first-order valence-electron chi connectivity index (χ1n) is 9.26. The molecule has 7 nitrogen and oxygen atoms in total. The topological polar surface area (TPSA) is 97.4 Å². The summed E-state index contributed by atoms with van der Waals surface area (Å²) < 4.78 is 4.79. The number of anilines is 1. The Bertz CT molecular complexity index is 986. The van der Waals surface area contributed by atoms with Gasteiger partial charge in [0, 0.05) is 12.2 Å². The van der Waals surface area contributed by atoms with Gasteiger partial charge >= 0.3 is 5.97 Å². The quantitative estimate of drug-likeness (QED) is 0.703. The van der Waals surface area contributed by atoms with Crippen molar-refractivity contribution in [1.29, 1.82) is 0 Å². The predicted octanol–water partition coefficient (Wildman–Crippen LogP) is 3.53. The molecule has 1 aliphatic carbocycles. The van der Waals surface area contributed by atoms with Crippen LogP contribution in [0.2, 0.25) is 5.02 Å². The number of pyridine rings is 1. The molecular weight excluding hydrogens is 394 g/mol. The third kappa shape index (κ3) is 4.74. The average molecular weight is 416 g/mol. The molecule has 1 aromatic carbocycles. The van der Waals surface area contributed by atoms with Crippen molar-refractivity contribution in [2.45, 2.75) is 26.7 Å². The maximum Gasteiger partial charge on any atom is 0.341 e. The number of benzene rings is 1. The number of aryl methyl sites for hydroxylation is 2. The van der Waals surface area contributed by atoms with Crippen LogP contribution in [-0.4, -0.2) is 36.4 Å². The summed E-state index contributed by atoms with van der Waals surface area (Å²) in [6.45, 7) is 4.04. The number of amides is 2. The van der Waals surface area contributed by atoms with Crippen molar-refractivity contribution in [3.8, 4) is 0 Å². The van der Waals surface area contributed by atoms with E-state index in [2.05, 4.69) is 15.6 Å². The zero-order valence-corrected chi connectivity index (χ0v) is 17.2. The number of esters is 1. The Labute approximate surface area is 173 Å². The summed E-state index contributed by atoms with van der Waals surface area (Å²) in [4.78, 5) is 42.0. The molecule has 1 heterocycles. The standard InChI is InChI=1S/C21H22ClN3O4/c1-11-4-9-15(22)16(21(28)29-3)17(11)25-19(26)14-8-5-12(2)24-18(14)20(27)23-10-13-6-7-13/h4-5,8-9,13H,6-7,10H2,1-3H3,(H,23,27)(H,25,26). The minimum Gasteiger partial charge on any atom is -0.465 e. The van der Waals surface area contributed by atoms with Crippen LogP contribution in [0.1, 0.15) is 55.3 Å². The van der Waals surface area contributed by atoms with Crippen LogP contribution in [0.4, 0.5) is 5.69 Å². The van der Waals surface area contributed by atoms with E-state index in [1.807, 2.05) is 0 Å². The van der Waals surface area contributed by atoms with E-state index < -0.39 is 17.8 Å². The molecule has 2 aromatic rings. The van der Waals surface area contributed by atoms with E-state index in [1.165, 1.54) is 7.11 Å². The lowest BCUT2D eigenvalue weighted by Gasteiger charge is -2.15. The number of carbonyl (C=O) groups is 3. The Morgan fingerprint density at radius 3 is 2.52 bits per heavy atom. The van der Waals surface area contributed by atoms with E-state index in [0.717, 1.165) is 12.8 Å². The van der Waals surface area contributed by atoms with Gasteiger partial charge < -0.3 is 15.4 Å². The molecule has 1 aromatic heterocycles. The Hall–Kier alpha value is -2.93. The van der Waals surface area contributed by atoms with Crippen LogP contribution < -0.4 is 10.6 Å². The minimum absolute atomic E-state index is 0.0439. The molecule has 152 valence electrons. The van der Waals surface area contributed by atoms with Gasteiger partial charge in [-0.05, 0) is 56.4 Å². The normalized spacial score (nSPS) is 13.0. The van der Waals surface area contributed by atoms with E-state index >= 15 is 0 Å². The highest BCUT2D eigenvalue weighted by Gasteiger charge is 2.26. The van der Waals surface area contributed by atoms with Crippen LogP contribution in [0, 0.1) is 19.8 Å². The van der Waals surface area contributed by atoms with Crippen molar-refractivity contribution in [2.75, 3.05) is 19.0 Å². The number of aromatic nitrogens is 1. The number of halogens is 1. The summed E-state index contributed by atoms with van der Waals surface area (Å²) in [6.07, 6.45) is 2.19. The number of nitrogens with zero attached hydrogens (tertiary/aromatic N) is 1. The lowest BCUT2D eigenvalue weighted by molar-refractivity contribution is 0.0602. The number of hydrogen-bond donors (Lipinski definition) is 2. The first-order chi connectivity index (χ1) is 13.8. The smallest absolute Gasteiger partial charge is 0.341 e. The van der Waals surface area contributed by atoms with Crippen molar-refractivity contribution < 1.29 is 19.1 Å². The zero-order chi connectivity index (χ0) is 21.1. The summed E-state index contributed by atoms with van der Waals surface area (Å²) in [7, 11) is 1.23. The van der Waals surface area contributed by atoms with Crippen molar-refractivity contribution in [1.82, 2.24) is 10.3 Å². The van der Waals surface area contributed by atoms with Crippen LogP contribution >= 0.6 is 11.6 Å². The summed E-state index contributed by atoms with van der Waals surface area (Å²) in [5, 5.41) is 5.68. The van der Waals surface area contributed by atoms with E-state index in [-0.39, 0.29) is 27.5 Å². The van der Waals surface area contributed by atoms with E-state index in [4.69, 9.17) is 16.3 Å². The molecule has 0 bridgehead atoms. The molecule has 0 atom stereocenters. The fourth-order valence-electron chi connectivity index (χ4n) is 2.88. The lowest BCUT2D eigenvalue weighted by Crippen LogP contribution is -2.29. The fourth-order valence-corrected chi connectivity index (χ4v) is 3.12. The molecule has 2 N–H and O–H groups in total. The van der Waals surface area contributed by atoms with Crippen molar-refractivity contribution in [3.63, 3.8) is 0 Å². The first kappa shape index (κ1) is 20.8. The minimum atomic E-state index is -0.668. The maximum atomic E-state index is 13.0. The number of hydrogen-bond acceptors (Lipinski definition) is 5. The summed E-state index contributed by atoms with van der Waals surface area (Å²) >= 11 is 6.16. The molecule has 1 saturated carbocycles. The van der Waals surface area contributed by atoms with Gasteiger partial charge in [-0.3, -0.25) is 9.59 Å². The lowest BCUT2D eigenvalue weighted by atomic mass is 10.1. The van der Waals surface area contributed by atoms with Gasteiger partial charge in [0.15, 0.2) is 0 Å². The number of ether oxygens (including phenoxy) is 1. The molecule has 3 rings (SSSR count). The SMILES string of the molecule is COC(=O)c1c(Cl)ccc(C)c1NC(=O)c1ccc(C)nc1C(=O)NCC1CC1. The molecule has 0 aliphatic heterocycles. The van der Waals surface area contributed by atoms with Crippen molar-refractivity contribution in [2.24, 2.45) is 5.92 Å². The van der Waals surface area contributed by atoms with Crippen LogP contribution in [0.5, 0.6) is 0 Å². The number of rotatable bonds is 6. The van der Waals surface area contributed by atoms with Crippen molar-refractivity contribution in [3.05, 3.63) is 57.4 Å². The second-order valence-corrected chi connectivity index (χ2v) is 7.47. The van der Waals surface area contributed by atoms with E-state index in [0.29, 0.717) is 23.7 Å². The average Bonchev–Trinajstić information content (AvgIpc) is 3.52. The van der Waals surface area contributed by atoms with Crippen LogP contribution in [0.3, 0.4) is 0 Å². The number of methoxy groups -OCH3 is 1. The van der Waals surface area contributed by atoms with Gasteiger partial charge in [0.1, 0.15) is 11.3 Å². The summed E-state index contributed by atoms with van der Waals surface area (Å²) in [5.74, 6) is -1.14. The van der Waals surface area contributed by atoms with Crippen molar-refractivity contribution >= 4 is 35.1 Å². The van der Waals surface area contributed by atoms with Crippen LogP contribution in [0.15, 0.2) is 24.3 Å². The van der Waals surface area contributed by atoms with Gasteiger partial charge in [0.25, 0.3) is 11.8 Å². The zero-order valence-electron chi connectivity index (χ0n) is 16.5. The first-order valence-corrected chi connectivity index (χ1v) is 9.64. The van der Waals surface area contributed by atoms with Gasteiger partial charge in [0.2, 0.25) is 0 Å². The van der Waals surface area contributed by atoms with Gasteiger partial charge in [-0.15, -0.1) is 0 Å². The number of carbonyl (C=O) groups excluding carboxylic acids is 3. The monoisotopic (exact) mass is 415 g/mol. The van der Waals surface area contributed by atoms with E-state index in [9.17, 15) is 14.4 Å². The molecular formula is C21H22ClN3O4. The third-order valence-corrected chi connectivity index (χ3v) is 5.05. The Morgan fingerprint density at radius 1 is 1.14 bits per heavy atom. The molecule has 2 amide bonds. The molecule has 0 radical (unpaired) electrons. The third-order valence-electron chi connectivity index (χ3n) is 4.73. The fraction of sp³-hybridized carbons (Fsp3) is 0.333. The molecule has 0 saturated heterocycles. The second kappa shape index (κ2) is 8.61. The van der Waals surface area contributed by atoms with Gasteiger partial charge in [-0.25, -0.2) is 9.78 Å². The van der Waals surface area contributed by atoms with Gasteiger partial charge in [-0.1, -0.05) is 17.7 Å². The summed E-state index contributed by atoms with van der Waals surface area (Å²) in [5.41, 5.74) is 1.69. The maximum absolute atomic E-state index is 13.0.